The van der Waals surface area contributed by atoms with Gasteiger partial charge in [0.2, 0.25) is 0 Å². The van der Waals surface area contributed by atoms with Crippen molar-refractivity contribution in [1.82, 2.24) is 9.97 Å². The third-order valence-corrected chi connectivity index (χ3v) is 6.09. The minimum absolute atomic E-state index is 0.213. The van der Waals surface area contributed by atoms with Crippen LogP contribution < -0.4 is 4.74 Å². The van der Waals surface area contributed by atoms with E-state index in [1.54, 1.807) is 6.07 Å². The van der Waals surface area contributed by atoms with Gasteiger partial charge in [0, 0.05) is 28.9 Å². The van der Waals surface area contributed by atoms with Crippen LogP contribution in [0.2, 0.25) is 0 Å². The number of benzene rings is 2. The lowest BCUT2D eigenvalue weighted by atomic mass is 10.0. The Morgan fingerprint density at radius 1 is 1.07 bits per heavy atom. The summed E-state index contributed by atoms with van der Waals surface area (Å²) in [5.41, 5.74) is 6.19. The number of aromatic nitrogens is 2. The molecule has 2 aliphatic carbocycles. The van der Waals surface area contributed by atoms with Gasteiger partial charge in [-0.25, -0.2) is 9.37 Å². The summed E-state index contributed by atoms with van der Waals surface area (Å²) >= 11 is 0. The lowest BCUT2D eigenvalue weighted by Gasteiger charge is -2.11. The highest BCUT2D eigenvalue weighted by atomic mass is 19.1. The molecule has 6 rings (SSSR count). The maximum atomic E-state index is 14.4. The second-order valence-electron chi connectivity index (χ2n) is 7.90. The molecule has 4 aromatic rings. The molecule has 30 heavy (non-hydrogen) atoms. The molecule has 3 nitrogen and oxygen atoms in total. The van der Waals surface area contributed by atoms with Crippen LogP contribution in [0.4, 0.5) is 4.39 Å². The smallest absolute Gasteiger partial charge is 0.137 e. The van der Waals surface area contributed by atoms with Gasteiger partial charge in [-0.15, -0.1) is 0 Å². The Kier molecular flexibility index (Phi) is 4.78. The molecule has 0 radical (unpaired) electrons. The number of halogens is 1. The van der Waals surface area contributed by atoms with E-state index in [0.717, 1.165) is 46.2 Å². The van der Waals surface area contributed by atoms with Crippen molar-refractivity contribution in [2.45, 2.75) is 39.2 Å². The molecule has 1 fully saturated rings. The predicted molar refractivity (Wildman–Crippen MR) is 118 cm³/mol. The number of nitrogens with zero attached hydrogens (tertiary/aromatic N) is 1. The van der Waals surface area contributed by atoms with E-state index < -0.39 is 0 Å². The summed E-state index contributed by atoms with van der Waals surface area (Å²) in [6.07, 6.45) is 6.18. The van der Waals surface area contributed by atoms with Crippen molar-refractivity contribution in [3.8, 4) is 16.9 Å². The number of ether oxygens (including phenoxy) is 1. The fourth-order valence-electron chi connectivity index (χ4n) is 4.47. The number of hydrogen-bond acceptors (Lipinski definition) is 2. The Hall–Kier alpha value is -3.14. The largest absolute Gasteiger partial charge is 0.489 e. The number of H-pyrrole nitrogens is 1. The van der Waals surface area contributed by atoms with Crippen molar-refractivity contribution in [1.29, 1.82) is 0 Å². The van der Waals surface area contributed by atoms with Crippen LogP contribution in [0.15, 0.2) is 60.9 Å². The second kappa shape index (κ2) is 7.60. The van der Waals surface area contributed by atoms with Crippen LogP contribution in [0.1, 0.15) is 42.9 Å². The molecule has 0 bridgehead atoms. The van der Waals surface area contributed by atoms with Crippen molar-refractivity contribution < 1.29 is 9.13 Å². The molecule has 1 N–H and O–H groups in total. The van der Waals surface area contributed by atoms with E-state index in [2.05, 4.69) is 28.2 Å². The van der Waals surface area contributed by atoms with Gasteiger partial charge >= 0.3 is 0 Å². The van der Waals surface area contributed by atoms with Crippen LogP contribution in [-0.2, 0) is 13.0 Å². The second-order valence-corrected chi connectivity index (χ2v) is 7.90. The summed E-state index contributed by atoms with van der Waals surface area (Å²) in [7, 11) is 0. The van der Waals surface area contributed by atoms with Crippen molar-refractivity contribution >= 4 is 11.0 Å². The van der Waals surface area contributed by atoms with Gasteiger partial charge in [-0.05, 0) is 77.8 Å². The molecule has 152 valence electrons. The zero-order chi connectivity index (χ0) is 20.7. The minimum atomic E-state index is -0.248. The van der Waals surface area contributed by atoms with Crippen LogP contribution in [0.5, 0.6) is 5.75 Å². The Labute approximate surface area is 175 Å². The number of rotatable bonds is 4. The van der Waals surface area contributed by atoms with E-state index >= 15 is 0 Å². The molecular weight excluding hydrogens is 375 g/mol. The van der Waals surface area contributed by atoms with Gasteiger partial charge in [0.15, 0.2) is 0 Å². The van der Waals surface area contributed by atoms with Crippen molar-refractivity contribution in [2.24, 2.45) is 5.92 Å². The number of hydrogen-bond donors (Lipinski definition) is 1. The Bertz CT molecular complexity index is 1210. The standard InChI is InChI=1S/C24H19FN2O.C2H6/c25-23-4-1-14(18-8-15-5-6-26-24(15)27-12-18)7-19(23)13-28-20-2-3-21-16(10-20)9-17-11-22(17)21;1-2/h1-8,10,12,17,22H,9,11,13H2,(H,26,27);1-2H3/t17-,22+;/m0./s1. The molecule has 0 spiro atoms. The number of nitrogens with one attached hydrogen (secondary N) is 1. The first-order valence-electron chi connectivity index (χ1n) is 10.7. The molecule has 4 heteroatoms. The maximum Gasteiger partial charge on any atom is 0.137 e. The monoisotopic (exact) mass is 400 g/mol. The summed E-state index contributed by atoms with van der Waals surface area (Å²) in [5.74, 6) is 2.21. The summed E-state index contributed by atoms with van der Waals surface area (Å²) in [4.78, 5) is 7.51. The van der Waals surface area contributed by atoms with Gasteiger partial charge in [-0.1, -0.05) is 26.0 Å². The molecule has 2 aliphatic rings. The molecule has 0 unspecified atom stereocenters. The van der Waals surface area contributed by atoms with Crippen LogP contribution >= 0.6 is 0 Å². The minimum Gasteiger partial charge on any atom is -0.489 e. The lowest BCUT2D eigenvalue weighted by molar-refractivity contribution is 0.299. The van der Waals surface area contributed by atoms with E-state index in [0.29, 0.717) is 5.56 Å². The van der Waals surface area contributed by atoms with Crippen molar-refractivity contribution in [3.63, 3.8) is 0 Å². The van der Waals surface area contributed by atoms with E-state index in [1.807, 2.05) is 44.4 Å². The first-order chi connectivity index (χ1) is 14.7. The topological polar surface area (TPSA) is 37.9 Å². The Morgan fingerprint density at radius 3 is 2.87 bits per heavy atom. The molecule has 2 aromatic heterocycles. The van der Waals surface area contributed by atoms with Crippen LogP contribution in [0.3, 0.4) is 0 Å². The van der Waals surface area contributed by atoms with Gasteiger partial charge in [0.25, 0.3) is 0 Å². The molecule has 0 saturated heterocycles. The predicted octanol–water partition coefficient (Wildman–Crippen LogP) is 6.63. The molecule has 0 aliphatic heterocycles. The molecule has 2 aromatic carbocycles. The molecule has 2 atom stereocenters. The van der Waals surface area contributed by atoms with Crippen LogP contribution in [-0.4, -0.2) is 9.97 Å². The zero-order valence-corrected chi connectivity index (χ0v) is 17.3. The van der Waals surface area contributed by atoms with Gasteiger partial charge in [-0.3, -0.25) is 0 Å². The fourth-order valence-corrected chi connectivity index (χ4v) is 4.47. The van der Waals surface area contributed by atoms with E-state index in [4.69, 9.17) is 4.74 Å². The quantitative estimate of drug-likeness (QED) is 0.417. The SMILES string of the molecule is CC.Fc1ccc(-c2cnc3[nH]ccc3c2)cc1COc1ccc2c(c1)C[C@H]1C[C@@H]21. The summed E-state index contributed by atoms with van der Waals surface area (Å²) < 4.78 is 20.3. The highest BCUT2D eigenvalue weighted by molar-refractivity contribution is 5.81. The van der Waals surface area contributed by atoms with Crippen molar-refractivity contribution in [3.05, 3.63) is 83.4 Å². The first-order valence-corrected chi connectivity index (χ1v) is 10.7. The fraction of sp³-hybridized carbons (Fsp3) is 0.269. The number of fused-ring (bicyclic) bond motifs is 4. The summed E-state index contributed by atoms with van der Waals surface area (Å²) in [6.45, 7) is 4.21. The highest BCUT2D eigenvalue weighted by Gasteiger charge is 2.44. The van der Waals surface area contributed by atoms with E-state index in [1.165, 1.54) is 23.6 Å². The Balaban J connectivity index is 0.000000937. The third kappa shape index (κ3) is 3.36. The van der Waals surface area contributed by atoms with Gasteiger partial charge in [-0.2, -0.15) is 0 Å². The normalized spacial score (nSPS) is 18.4. The van der Waals surface area contributed by atoms with Gasteiger partial charge in [0.05, 0.1) is 0 Å². The van der Waals surface area contributed by atoms with E-state index in [-0.39, 0.29) is 12.4 Å². The number of pyridine rings is 1. The van der Waals surface area contributed by atoms with Gasteiger partial charge < -0.3 is 9.72 Å². The highest BCUT2D eigenvalue weighted by Crippen LogP contribution is 2.56. The van der Waals surface area contributed by atoms with E-state index in [9.17, 15) is 4.39 Å². The molecular formula is C26H25FN2O. The summed E-state index contributed by atoms with van der Waals surface area (Å²) in [5, 5.41) is 1.04. The van der Waals surface area contributed by atoms with Crippen LogP contribution in [0, 0.1) is 11.7 Å². The molecule has 2 heterocycles. The van der Waals surface area contributed by atoms with Crippen LogP contribution in [0.25, 0.3) is 22.2 Å². The number of aromatic amines is 1. The zero-order valence-electron chi connectivity index (χ0n) is 17.3. The summed E-state index contributed by atoms with van der Waals surface area (Å²) in [6, 6.07) is 15.5. The maximum absolute atomic E-state index is 14.4. The first kappa shape index (κ1) is 18.9. The Morgan fingerprint density at radius 2 is 1.97 bits per heavy atom. The lowest BCUT2D eigenvalue weighted by Crippen LogP contribution is -2.00. The molecule has 1 saturated carbocycles. The third-order valence-electron chi connectivity index (χ3n) is 6.09. The van der Waals surface area contributed by atoms with Crippen molar-refractivity contribution in [2.75, 3.05) is 0 Å². The van der Waals surface area contributed by atoms with Gasteiger partial charge in [0.1, 0.15) is 23.8 Å². The molecule has 0 amide bonds. The average molecular weight is 400 g/mol. The average Bonchev–Trinajstić information content (AvgIpc) is 3.22.